The first-order chi connectivity index (χ1) is 14.5. The summed E-state index contributed by atoms with van der Waals surface area (Å²) in [5.41, 5.74) is 4.97. The molecule has 0 radical (unpaired) electrons. The van der Waals surface area contributed by atoms with Crippen LogP contribution in [0, 0.1) is 0 Å². The molecule has 1 aliphatic rings. The van der Waals surface area contributed by atoms with Crippen LogP contribution in [0.1, 0.15) is 6.42 Å². The van der Waals surface area contributed by atoms with Gasteiger partial charge in [-0.15, -0.1) is 0 Å². The molecule has 0 aliphatic carbocycles. The number of para-hydroxylation sites is 2. The molecule has 2 heterocycles. The number of aromatic nitrogens is 2. The van der Waals surface area contributed by atoms with Crippen LogP contribution in [0.15, 0.2) is 58.1 Å². The molecule has 2 aromatic carbocycles. The van der Waals surface area contributed by atoms with Crippen LogP contribution in [0.2, 0.25) is 0 Å². The molecule has 154 valence electrons. The minimum atomic E-state index is -0.883. The number of halogens is 1. The normalized spacial score (nSPS) is 14.9. The van der Waals surface area contributed by atoms with Gasteiger partial charge in [0.2, 0.25) is 12.0 Å². The van der Waals surface area contributed by atoms with Crippen molar-refractivity contribution in [3.05, 3.63) is 63.6 Å². The van der Waals surface area contributed by atoms with Gasteiger partial charge in [0, 0.05) is 17.4 Å². The number of rotatable bonds is 4. The largest absolute Gasteiger partial charge is 0.485 e. The maximum atomic E-state index is 12.5. The Kier molecular flexibility index (Phi) is 5.66. The van der Waals surface area contributed by atoms with Crippen molar-refractivity contribution in [3.63, 3.8) is 0 Å². The number of carbonyl (C=O) groups is 2. The van der Waals surface area contributed by atoms with Gasteiger partial charge in [-0.1, -0.05) is 28.1 Å². The molecule has 0 saturated heterocycles. The van der Waals surface area contributed by atoms with Crippen molar-refractivity contribution < 1.29 is 19.1 Å². The first-order valence-electron chi connectivity index (χ1n) is 9.13. The molecule has 2 N–H and O–H groups in total. The summed E-state index contributed by atoms with van der Waals surface area (Å²) in [6.45, 7) is 0.152. The molecule has 3 aromatic rings. The zero-order valence-corrected chi connectivity index (χ0v) is 17.2. The number of benzene rings is 2. The second-order valence-electron chi connectivity index (χ2n) is 6.56. The fourth-order valence-corrected chi connectivity index (χ4v) is 3.30. The standard InChI is InChI=1S/C20H17BrN4O5/c21-12-5-6-14-13(9-12)20(28)25(11-22-14)8-7-18(26)23-24-19(27)17-10-29-15-3-1-2-4-16(15)30-17/h1-6,9,11,17H,7-8,10H2,(H,23,26)(H,24,27). The van der Waals surface area contributed by atoms with Crippen LogP contribution in [0.4, 0.5) is 0 Å². The number of nitrogens with one attached hydrogen (secondary N) is 2. The highest BCUT2D eigenvalue weighted by molar-refractivity contribution is 9.10. The van der Waals surface area contributed by atoms with Gasteiger partial charge in [-0.3, -0.25) is 29.8 Å². The van der Waals surface area contributed by atoms with Crippen molar-refractivity contribution in [2.24, 2.45) is 0 Å². The molecule has 0 bridgehead atoms. The van der Waals surface area contributed by atoms with Crippen LogP contribution >= 0.6 is 15.9 Å². The van der Waals surface area contributed by atoms with E-state index in [-0.39, 0.29) is 25.1 Å². The molecule has 1 aromatic heterocycles. The van der Waals surface area contributed by atoms with Gasteiger partial charge in [-0.05, 0) is 30.3 Å². The molecule has 0 saturated carbocycles. The maximum Gasteiger partial charge on any atom is 0.283 e. The van der Waals surface area contributed by atoms with E-state index in [2.05, 4.69) is 31.8 Å². The Hall–Kier alpha value is -3.40. The van der Waals surface area contributed by atoms with Gasteiger partial charge >= 0.3 is 0 Å². The van der Waals surface area contributed by atoms with Crippen LogP contribution in [0.25, 0.3) is 10.9 Å². The highest BCUT2D eigenvalue weighted by Gasteiger charge is 2.27. The number of carbonyl (C=O) groups excluding carboxylic acids is 2. The van der Waals surface area contributed by atoms with Crippen LogP contribution in [0.3, 0.4) is 0 Å². The molecule has 2 amide bonds. The summed E-state index contributed by atoms with van der Waals surface area (Å²) in [4.78, 5) is 41.1. The molecule has 30 heavy (non-hydrogen) atoms. The van der Waals surface area contributed by atoms with E-state index < -0.39 is 17.9 Å². The lowest BCUT2D eigenvalue weighted by atomic mass is 10.2. The van der Waals surface area contributed by atoms with Crippen LogP contribution in [-0.2, 0) is 16.1 Å². The second-order valence-corrected chi connectivity index (χ2v) is 7.47. The number of hydrazine groups is 1. The summed E-state index contributed by atoms with van der Waals surface area (Å²) in [5.74, 6) is 0.0334. The van der Waals surface area contributed by atoms with Gasteiger partial charge in [0.15, 0.2) is 11.5 Å². The van der Waals surface area contributed by atoms with Crippen LogP contribution in [-0.4, -0.2) is 34.1 Å². The van der Waals surface area contributed by atoms with Crippen molar-refractivity contribution in [3.8, 4) is 11.5 Å². The number of ether oxygens (including phenoxy) is 2. The first-order valence-corrected chi connectivity index (χ1v) is 9.92. The van der Waals surface area contributed by atoms with Crippen LogP contribution in [0.5, 0.6) is 11.5 Å². The van der Waals surface area contributed by atoms with Gasteiger partial charge < -0.3 is 9.47 Å². The van der Waals surface area contributed by atoms with E-state index in [1.165, 1.54) is 10.9 Å². The summed E-state index contributed by atoms with van der Waals surface area (Å²) in [6.07, 6.45) is 0.493. The molecular weight excluding hydrogens is 456 g/mol. The molecule has 1 aliphatic heterocycles. The smallest absolute Gasteiger partial charge is 0.283 e. The molecule has 0 spiro atoms. The highest BCUT2D eigenvalue weighted by atomic mass is 79.9. The number of aryl methyl sites for hydroxylation is 1. The Bertz CT molecular complexity index is 1180. The maximum absolute atomic E-state index is 12.5. The lowest BCUT2D eigenvalue weighted by Gasteiger charge is -2.25. The number of nitrogens with zero attached hydrogens (tertiary/aromatic N) is 2. The molecule has 10 heteroatoms. The lowest BCUT2D eigenvalue weighted by molar-refractivity contribution is -0.135. The van der Waals surface area contributed by atoms with E-state index in [1.807, 2.05) is 0 Å². The van der Waals surface area contributed by atoms with Gasteiger partial charge in [0.1, 0.15) is 6.61 Å². The average molecular weight is 473 g/mol. The van der Waals surface area contributed by atoms with E-state index in [0.717, 1.165) is 4.47 Å². The topological polar surface area (TPSA) is 112 Å². The third kappa shape index (κ3) is 4.28. The highest BCUT2D eigenvalue weighted by Crippen LogP contribution is 2.30. The predicted octanol–water partition coefficient (Wildman–Crippen LogP) is 1.54. The monoisotopic (exact) mass is 472 g/mol. The lowest BCUT2D eigenvalue weighted by Crippen LogP contribution is -2.51. The van der Waals surface area contributed by atoms with Crippen molar-refractivity contribution in [2.75, 3.05) is 6.61 Å². The van der Waals surface area contributed by atoms with Gasteiger partial charge in [-0.25, -0.2) is 4.98 Å². The summed E-state index contributed by atoms with van der Waals surface area (Å²) in [6, 6.07) is 12.2. The zero-order chi connectivity index (χ0) is 21.1. The third-order valence-corrected chi connectivity index (χ3v) is 4.99. The second kappa shape index (κ2) is 8.54. The Morgan fingerprint density at radius 2 is 1.97 bits per heavy atom. The summed E-state index contributed by atoms with van der Waals surface area (Å²) >= 11 is 3.33. The van der Waals surface area contributed by atoms with E-state index in [4.69, 9.17) is 9.47 Å². The number of amides is 2. The van der Waals surface area contributed by atoms with E-state index in [9.17, 15) is 14.4 Å². The van der Waals surface area contributed by atoms with E-state index in [0.29, 0.717) is 22.4 Å². The molecule has 1 atom stereocenters. The van der Waals surface area contributed by atoms with Gasteiger partial charge in [0.05, 0.1) is 17.2 Å². The first kappa shape index (κ1) is 19.9. The van der Waals surface area contributed by atoms with E-state index >= 15 is 0 Å². The fraction of sp³-hybridized carbons (Fsp3) is 0.200. The van der Waals surface area contributed by atoms with Crippen LogP contribution < -0.4 is 25.9 Å². The Morgan fingerprint density at radius 3 is 2.80 bits per heavy atom. The molecular formula is C20H17BrN4O5. The fourth-order valence-electron chi connectivity index (χ4n) is 2.94. The Morgan fingerprint density at radius 1 is 1.17 bits per heavy atom. The minimum absolute atomic E-state index is 0.0216. The minimum Gasteiger partial charge on any atom is -0.485 e. The SMILES string of the molecule is O=C(CCn1cnc2ccc(Br)cc2c1=O)NNC(=O)C1COc2ccccc2O1. The number of hydrogen-bond acceptors (Lipinski definition) is 6. The Labute approximate surface area is 179 Å². The van der Waals surface area contributed by atoms with E-state index in [1.54, 1.807) is 42.5 Å². The summed E-state index contributed by atoms with van der Waals surface area (Å²) in [5, 5.41) is 0.454. The quantitative estimate of drug-likeness (QED) is 0.557. The van der Waals surface area contributed by atoms with Crippen molar-refractivity contribution in [1.29, 1.82) is 0 Å². The van der Waals surface area contributed by atoms with Gasteiger partial charge in [0.25, 0.3) is 11.5 Å². The number of hydrogen-bond donors (Lipinski definition) is 2. The molecule has 4 rings (SSSR count). The molecule has 9 nitrogen and oxygen atoms in total. The predicted molar refractivity (Wildman–Crippen MR) is 111 cm³/mol. The average Bonchev–Trinajstić information content (AvgIpc) is 2.77. The zero-order valence-electron chi connectivity index (χ0n) is 15.6. The van der Waals surface area contributed by atoms with Crippen molar-refractivity contribution in [2.45, 2.75) is 19.1 Å². The van der Waals surface area contributed by atoms with Crippen molar-refractivity contribution >= 4 is 38.6 Å². The Balaban J connectivity index is 1.30. The van der Waals surface area contributed by atoms with Gasteiger partial charge in [-0.2, -0.15) is 0 Å². The third-order valence-electron chi connectivity index (χ3n) is 4.49. The van der Waals surface area contributed by atoms with Crippen molar-refractivity contribution in [1.82, 2.24) is 20.4 Å². The molecule has 0 fully saturated rings. The number of fused-ring (bicyclic) bond motifs is 2. The molecule has 1 unspecified atom stereocenters. The summed E-state index contributed by atoms with van der Waals surface area (Å²) < 4.78 is 13.2. The summed E-state index contributed by atoms with van der Waals surface area (Å²) in [7, 11) is 0.